The summed E-state index contributed by atoms with van der Waals surface area (Å²) in [5.74, 6) is 0.890. The molecular formula is C15H19N3O. The average molecular weight is 257 g/mol. The largest absolute Gasteiger partial charge is 0.496 e. The SMILES string of the molecule is COc1ccc(N2CCN(C)CC2)c2ccncc12. The molecule has 2 aromatic rings. The Kier molecular flexibility index (Phi) is 3.25. The van der Waals surface area contributed by atoms with Crippen molar-refractivity contribution in [2.75, 3.05) is 45.2 Å². The highest BCUT2D eigenvalue weighted by Gasteiger charge is 2.17. The van der Waals surface area contributed by atoms with Crippen LogP contribution in [0.1, 0.15) is 0 Å². The molecule has 0 unspecified atom stereocenters. The van der Waals surface area contributed by atoms with E-state index in [0.717, 1.165) is 37.3 Å². The zero-order chi connectivity index (χ0) is 13.2. The highest BCUT2D eigenvalue weighted by Crippen LogP contribution is 2.33. The van der Waals surface area contributed by atoms with E-state index in [1.54, 1.807) is 7.11 Å². The Morgan fingerprint density at radius 2 is 1.84 bits per heavy atom. The van der Waals surface area contributed by atoms with Crippen molar-refractivity contribution >= 4 is 16.5 Å². The van der Waals surface area contributed by atoms with E-state index in [2.05, 4.69) is 34.0 Å². The lowest BCUT2D eigenvalue weighted by Gasteiger charge is -2.34. The molecule has 3 rings (SSSR count). The van der Waals surface area contributed by atoms with Crippen molar-refractivity contribution < 1.29 is 4.74 Å². The van der Waals surface area contributed by atoms with Crippen molar-refractivity contribution in [3.63, 3.8) is 0 Å². The van der Waals surface area contributed by atoms with E-state index in [9.17, 15) is 0 Å². The lowest BCUT2D eigenvalue weighted by molar-refractivity contribution is 0.313. The first-order chi connectivity index (χ1) is 9.29. The number of anilines is 1. The highest BCUT2D eigenvalue weighted by atomic mass is 16.5. The predicted octanol–water partition coefficient (Wildman–Crippen LogP) is 2.00. The minimum absolute atomic E-state index is 0.890. The molecule has 0 atom stereocenters. The molecule has 0 radical (unpaired) electrons. The molecule has 1 aliphatic rings. The van der Waals surface area contributed by atoms with Crippen LogP contribution >= 0.6 is 0 Å². The molecule has 1 fully saturated rings. The average Bonchev–Trinajstić information content (AvgIpc) is 2.47. The van der Waals surface area contributed by atoms with Gasteiger partial charge in [0.1, 0.15) is 5.75 Å². The van der Waals surface area contributed by atoms with E-state index < -0.39 is 0 Å². The molecule has 0 N–H and O–H groups in total. The molecule has 1 aliphatic heterocycles. The van der Waals surface area contributed by atoms with Crippen molar-refractivity contribution in [1.82, 2.24) is 9.88 Å². The van der Waals surface area contributed by atoms with Crippen LogP contribution in [0.4, 0.5) is 5.69 Å². The van der Waals surface area contributed by atoms with Gasteiger partial charge in [0, 0.05) is 55.0 Å². The number of fused-ring (bicyclic) bond motifs is 1. The Balaban J connectivity index is 2.04. The molecule has 0 aliphatic carbocycles. The van der Waals surface area contributed by atoms with Gasteiger partial charge in [-0.3, -0.25) is 4.98 Å². The van der Waals surface area contributed by atoms with Gasteiger partial charge in [-0.1, -0.05) is 0 Å². The summed E-state index contributed by atoms with van der Waals surface area (Å²) < 4.78 is 5.42. The minimum Gasteiger partial charge on any atom is -0.496 e. The Morgan fingerprint density at radius 1 is 1.05 bits per heavy atom. The van der Waals surface area contributed by atoms with Crippen molar-refractivity contribution in [1.29, 1.82) is 0 Å². The summed E-state index contributed by atoms with van der Waals surface area (Å²) in [7, 11) is 3.88. The maximum atomic E-state index is 5.42. The van der Waals surface area contributed by atoms with E-state index >= 15 is 0 Å². The van der Waals surface area contributed by atoms with E-state index in [4.69, 9.17) is 4.74 Å². The molecule has 4 nitrogen and oxygen atoms in total. The van der Waals surface area contributed by atoms with Gasteiger partial charge in [0.25, 0.3) is 0 Å². The smallest absolute Gasteiger partial charge is 0.128 e. The quantitative estimate of drug-likeness (QED) is 0.822. The molecule has 0 saturated carbocycles. The summed E-state index contributed by atoms with van der Waals surface area (Å²) in [6.07, 6.45) is 3.73. The number of nitrogens with zero attached hydrogens (tertiary/aromatic N) is 3. The van der Waals surface area contributed by atoms with E-state index in [-0.39, 0.29) is 0 Å². The maximum Gasteiger partial charge on any atom is 0.128 e. The van der Waals surface area contributed by atoms with Gasteiger partial charge in [-0.05, 0) is 25.2 Å². The summed E-state index contributed by atoms with van der Waals surface area (Å²) in [5.41, 5.74) is 1.28. The number of piperazine rings is 1. The van der Waals surface area contributed by atoms with Gasteiger partial charge in [-0.25, -0.2) is 0 Å². The maximum absolute atomic E-state index is 5.42. The molecule has 4 heteroatoms. The van der Waals surface area contributed by atoms with Crippen molar-refractivity contribution in [2.24, 2.45) is 0 Å². The second kappa shape index (κ2) is 5.05. The Labute approximate surface area is 113 Å². The molecule has 2 heterocycles. The van der Waals surface area contributed by atoms with Crippen LogP contribution in [-0.2, 0) is 0 Å². The van der Waals surface area contributed by atoms with Crippen molar-refractivity contribution in [3.8, 4) is 5.75 Å². The van der Waals surface area contributed by atoms with E-state index in [1.165, 1.54) is 11.1 Å². The third-order valence-corrected chi connectivity index (χ3v) is 3.82. The molecule has 19 heavy (non-hydrogen) atoms. The molecule has 1 saturated heterocycles. The fourth-order valence-electron chi connectivity index (χ4n) is 2.65. The number of hydrogen-bond acceptors (Lipinski definition) is 4. The molecule has 0 spiro atoms. The summed E-state index contributed by atoms with van der Waals surface area (Å²) in [6.45, 7) is 4.36. The third-order valence-electron chi connectivity index (χ3n) is 3.82. The molecule has 1 aromatic heterocycles. The first-order valence-corrected chi connectivity index (χ1v) is 6.64. The minimum atomic E-state index is 0.890. The van der Waals surface area contributed by atoms with Crippen LogP contribution in [0.2, 0.25) is 0 Å². The third kappa shape index (κ3) is 2.24. The van der Waals surface area contributed by atoms with Crippen molar-refractivity contribution in [3.05, 3.63) is 30.6 Å². The van der Waals surface area contributed by atoms with Crippen molar-refractivity contribution in [2.45, 2.75) is 0 Å². The lowest BCUT2D eigenvalue weighted by atomic mass is 10.1. The number of hydrogen-bond donors (Lipinski definition) is 0. The van der Waals surface area contributed by atoms with Crippen LogP contribution in [0.5, 0.6) is 5.75 Å². The topological polar surface area (TPSA) is 28.6 Å². The van der Waals surface area contributed by atoms with Gasteiger partial charge >= 0.3 is 0 Å². The van der Waals surface area contributed by atoms with Gasteiger partial charge in [-0.15, -0.1) is 0 Å². The summed E-state index contributed by atoms with van der Waals surface area (Å²) >= 11 is 0. The van der Waals surface area contributed by atoms with E-state index in [1.807, 2.05) is 18.5 Å². The first kappa shape index (κ1) is 12.2. The highest BCUT2D eigenvalue weighted by molar-refractivity contribution is 5.97. The number of rotatable bonds is 2. The number of ether oxygens (including phenoxy) is 1. The number of likely N-dealkylation sites (N-methyl/N-ethyl adjacent to an activating group) is 1. The Morgan fingerprint density at radius 3 is 2.58 bits per heavy atom. The monoisotopic (exact) mass is 257 g/mol. The van der Waals surface area contributed by atoms with Gasteiger partial charge in [-0.2, -0.15) is 0 Å². The van der Waals surface area contributed by atoms with Crippen LogP contribution in [0.15, 0.2) is 30.6 Å². The predicted molar refractivity (Wildman–Crippen MR) is 78.0 cm³/mol. The zero-order valence-electron chi connectivity index (χ0n) is 11.5. The van der Waals surface area contributed by atoms with Crippen LogP contribution < -0.4 is 9.64 Å². The number of aromatic nitrogens is 1. The zero-order valence-corrected chi connectivity index (χ0v) is 11.5. The van der Waals surface area contributed by atoms with Crippen LogP contribution in [-0.4, -0.2) is 50.2 Å². The molecular weight excluding hydrogens is 238 g/mol. The van der Waals surface area contributed by atoms with Gasteiger partial charge in [0.15, 0.2) is 0 Å². The fourth-order valence-corrected chi connectivity index (χ4v) is 2.65. The van der Waals surface area contributed by atoms with Gasteiger partial charge in [0.2, 0.25) is 0 Å². The first-order valence-electron chi connectivity index (χ1n) is 6.64. The van der Waals surface area contributed by atoms with Crippen LogP contribution in [0, 0.1) is 0 Å². The Bertz CT molecular complexity index is 577. The summed E-state index contributed by atoms with van der Waals surface area (Å²) in [5, 5.41) is 2.31. The number of methoxy groups -OCH3 is 1. The molecule has 0 amide bonds. The number of pyridine rings is 1. The Hall–Kier alpha value is -1.81. The van der Waals surface area contributed by atoms with Crippen LogP contribution in [0.25, 0.3) is 10.8 Å². The second-order valence-electron chi connectivity index (χ2n) is 5.00. The van der Waals surface area contributed by atoms with Gasteiger partial charge in [0.05, 0.1) is 7.11 Å². The summed E-state index contributed by atoms with van der Waals surface area (Å²) in [6, 6.07) is 6.27. The van der Waals surface area contributed by atoms with Gasteiger partial charge < -0.3 is 14.5 Å². The molecule has 0 bridgehead atoms. The van der Waals surface area contributed by atoms with E-state index in [0.29, 0.717) is 0 Å². The standard InChI is InChI=1S/C15H19N3O/c1-17-7-9-18(10-8-17)14-3-4-15(19-2)13-11-16-6-5-12(13)14/h3-6,11H,7-10H2,1-2H3. The number of benzene rings is 1. The summed E-state index contributed by atoms with van der Waals surface area (Å²) in [4.78, 5) is 9.02. The molecule has 1 aromatic carbocycles. The fraction of sp³-hybridized carbons (Fsp3) is 0.400. The molecule has 100 valence electrons. The van der Waals surface area contributed by atoms with Crippen LogP contribution in [0.3, 0.4) is 0 Å². The second-order valence-corrected chi connectivity index (χ2v) is 5.00. The lowest BCUT2D eigenvalue weighted by Crippen LogP contribution is -2.44. The normalized spacial score (nSPS) is 16.8.